The molecule has 0 unspecified atom stereocenters. The van der Waals surface area contributed by atoms with Gasteiger partial charge in [-0.05, 0) is 42.7 Å². The van der Waals surface area contributed by atoms with Crippen LogP contribution < -0.4 is 10.1 Å². The van der Waals surface area contributed by atoms with Gasteiger partial charge in [0.1, 0.15) is 16.9 Å². The molecular formula is C25H25N3O6. The minimum absolute atomic E-state index is 0.0383. The minimum atomic E-state index is -1.10. The lowest BCUT2D eigenvalue weighted by atomic mass is 9.90. The second-order valence-corrected chi connectivity index (χ2v) is 8.37. The summed E-state index contributed by atoms with van der Waals surface area (Å²) in [6.45, 7) is 4.53. The molecule has 1 heterocycles. The van der Waals surface area contributed by atoms with Gasteiger partial charge in [0.2, 0.25) is 0 Å². The van der Waals surface area contributed by atoms with Crippen molar-refractivity contribution in [3.8, 4) is 11.8 Å². The maximum atomic E-state index is 12.7. The predicted octanol–water partition coefficient (Wildman–Crippen LogP) is 2.70. The molecule has 0 fully saturated rings. The van der Waals surface area contributed by atoms with Crippen molar-refractivity contribution in [2.45, 2.75) is 32.9 Å². The summed E-state index contributed by atoms with van der Waals surface area (Å²) in [5, 5.41) is 11.9. The number of imide groups is 1. The number of esters is 1. The third kappa shape index (κ3) is 4.76. The topological polar surface area (TPSA) is 126 Å². The van der Waals surface area contributed by atoms with E-state index in [4.69, 9.17) is 9.47 Å². The highest BCUT2D eigenvalue weighted by atomic mass is 16.5. The summed E-state index contributed by atoms with van der Waals surface area (Å²) in [5.41, 5.74) is 0.0998. The quantitative estimate of drug-likeness (QED) is 0.471. The molecule has 1 atom stereocenters. The van der Waals surface area contributed by atoms with Gasteiger partial charge in [-0.15, -0.1) is 0 Å². The second kappa shape index (κ2) is 9.75. The van der Waals surface area contributed by atoms with Gasteiger partial charge in [-0.1, -0.05) is 32.0 Å². The molecule has 0 bridgehead atoms. The molecule has 0 saturated carbocycles. The van der Waals surface area contributed by atoms with E-state index in [0.29, 0.717) is 16.7 Å². The zero-order valence-electron chi connectivity index (χ0n) is 19.4. The van der Waals surface area contributed by atoms with E-state index in [-0.39, 0.29) is 23.8 Å². The number of carbonyl (C=O) groups is 4. The molecule has 3 rings (SSSR count). The van der Waals surface area contributed by atoms with Crippen molar-refractivity contribution in [1.29, 1.82) is 5.26 Å². The standard InChI is InChI=1S/C25H25N3O6/c1-15(2)25(3,14-26)27-21(29)13-34-24(32)19-11-16(9-10-20(19)33-4)12-28-22(30)17-7-5-6-8-18(17)23(28)31/h5-11,15H,12-13H2,1-4H3,(H,27,29)/t25-/m1/s1. The smallest absolute Gasteiger partial charge is 0.342 e. The first-order chi connectivity index (χ1) is 16.1. The lowest BCUT2D eigenvalue weighted by Crippen LogP contribution is -2.50. The second-order valence-electron chi connectivity index (χ2n) is 8.37. The summed E-state index contributed by atoms with van der Waals surface area (Å²) in [7, 11) is 1.38. The molecule has 9 nitrogen and oxygen atoms in total. The Morgan fingerprint density at radius 1 is 1.12 bits per heavy atom. The summed E-state index contributed by atoms with van der Waals surface area (Å²) in [5.74, 6) is -2.21. The minimum Gasteiger partial charge on any atom is -0.496 e. The third-order valence-electron chi connectivity index (χ3n) is 5.82. The molecule has 3 amide bonds. The van der Waals surface area contributed by atoms with E-state index in [2.05, 4.69) is 5.32 Å². The Morgan fingerprint density at radius 3 is 2.26 bits per heavy atom. The highest BCUT2D eigenvalue weighted by molar-refractivity contribution is 6.21. The molecule has 1 aliphatic rings. The summed E-state index contributed by atoms with van der Waals surface area (Å²) >= 11 is 0. The number of methoxy groups -OCH3 is 1. The fraction of sp³-hybridized carbons (Fsp3) is 0.320. The van der Waals surface area contributed by atoms with E-state index < -0.39 is 35.8 Å². The number of nitrogens with one attached hydrogen (secondary N) is 1. The third-order valence-corrected chi connectivity index (χ3v) is 5.82. The Morgan fingerprint density at radius 2 is 1.74 bits per heavy atom. The molecule has 0 radical (unpaired) electrons. The number of hydrogen-bond acceptors (Lipinski definition) is 7. The number of carbonyl (C=O) groups excluding carboxylic acids is 4. The SMILES string of the molecule is COc1ccc(CN2C(=O)c3ccccc3C2=O)cc1C(=O)OCC(=O)N[C@](C)(C#N)C(C)C. The van der Waals surface area contributed by atoms with Gasteiger partial charge in [0.15, 0.2) is 6.61 Å². The van der Waals surface area contributed by atoms with Gasteiger partial charge in [0, 0.05) is 0 Å². The maximum Gasteiger partial charge on any atom is 0.342 e. The largest absolute Gasteiger partial charge is 0.496 e. The number of amides is 3. The Bertz CT molecular complexity index is 1160. The van der Waals surface area contributed by atoms with Crippen LogP contribution in [-0.2, 0) is 16.1 Å². The van der Waals surface area contributed by atoms with Gasteiger partial charge in [0.05, 0.1) is 30.9 Å². The number of hydrogen-bond donors (Lipinski definition) is 1. The number of ether oxygens (including phenoxy) is 2. The van der Waals surface area contributed by atoms with Crippen molar-refractivity contribution in [3.63, 3.8) is 0 Å². The van der Waals surface area contributed by atoms with Crippen LogP contribution >= 0.6 is 0 Å². The first-order valence-corrected chi connectivity index (χ1v) is 10.6. The summed E-state index contributed by atoms with van der Waals surface area (Å²) in [4.78, 5) is 51.3. The lowest BCUT2D eigenvalue weighted by Gasteiger charge is -2.27. The molecule has 2 aromatic carbocycles. The lowest BCUT2D eigenvalue weighted by molar-refractivity contribution is -0.125. The average molecular weight is 463 g/mol. The number of rotatable bonds is 8. The molecule has 0 saturated heterocycles. The van der Waals surface area contributed by atoms with Gasteiger partial charge in [-0.25, -0.2) is 4.79 Å². The number of fused-ring (bicyclic) bond motifs is 1. The molecule has 1 N–H and O–H groups in total. The van der Waals surface area contributed by atoms with Gasteiger partial charge in [0.25, 0.3) is 17.7 Å². The fourth-order valence-corrected chi connectivity index (χ4v) is 3.41. The maximum absolute atomic E-state index is 12.7. The summed E-state index contributed by atoms with van der Waals surface area (Å²) in [6.07, 6.45) is 0. The highest BCUT2D eigenvalue weighted by Gasteiger charge is 2.35. The van der Waals surface area contributed by atoms with Crippen LogP contribution in [0.4, 0.5) is 0 Å². The monoisotopic (exact) mass is 463 g/mol. The Kier molecular flexibility index (Phi) is 7.01. The Hall–Kier alpha value is -4.19. The van der Waals surface area contributed by atoms with E-state index in [9.17, 15) is 24.4 Å². The molecule has 0 aromatic heterocycles. The first-order valence-electron chi connectivity index (χ1n) is 10.6. The Balaban J connectivity index is 1.73. The molecule has 9 heteroatoms. The van der Waals surface area contributed by atoms with Crippen LogP contribution in [0.1, 0.15) is 57.4 Å². The van der Waals surface area contributed by atoms with E-state index in [0.717, 1.165) is 4.90 Å². The van der Waals surface area contributed by atoms with Crippen molar-refractivity contribution in [2.24, 2.45) is 5.92 Å². The summed E-state index contributed by atoms with van der Waals surface area (Å²) in [6, 6.07) is 13.2. The van der Waals surface area contributed by atoms with Crippen LogP contribution in [-0.4, -0.2) is 47.8 Å². The molecule has 0 aliphatic carbocycles. The molecule has 0 spiro atoms. The van der Waals surface area contributed by atoms with Gasteiger partial charge >= 0.3 is 5.97 Å². The van der Waals surface area contributed by atoms with Crippen LogP contribution in [0.5, 0.6) is 5.75 Å². The van der Waals surface area contributed by atoms with Gasteiger partial charge in [-0.2, -0.15) is 5.26 Å². The molecule has 34 heavy (non-hydrogen) atoms. The average Bonchev–Trinajstić information content (AvgIpc) is 3.07. The van der Waals surface area contributed by atoms with E-state index >= 15 is 0 Å². The van der Waals surface area contributed by atoms with Crippen LogP contribution in [0.2, 0.25) is 0 Å². The van der Waals surface area contributed by atoms with E-state index in [1.807, 2.05) is 6.07 Å². The van der Waals surface area contributed by atoms with Crippen LogP contribution in [0.15, 0.2) is 42.5 Å². The van der Waals surface area contributed by atoms with Crippen LogP contribution in [0.3, 0.4) is 0 Å². The van der Waals surface area contributed by atoms with Crippen molar-refractivity contribution < 1.29 is 28.7 Å². The van der Waals surface area contributed by atoms with Crippen molar-refractivity contribution in [1.82, 2.24) is 10.2 Å². The number of benzene rings is 2. The highest BCUT2D eigenvalue weighted by Crippen LogP contribution is 2.27. The molecule has 176 valence electrons. The van der Waals surface area contributed by atoms with Crippen LogP contribution in [0.25, 0.3) is 0 Å². The summed E-state index contributed by atoms with van der Waals surface area (Å²) < 4.78 is 10.4. The molecular weight excluding hydrogens is 438 g/mol. The number of nitrogens with zero attached hydrogens (tertiary/aromatic N) is 2. The Labute approximate surface area is 197 Å². The van der Waals surface area contributed by atoms with Crippen molar-refractivity contribution in [3.05, 3.63) is 64.7 Å². The molecule has 1 aliphatic heterocycles. The predicted molar refractivity (Wildman–Crippen MR) is 121 cm³/mol. The van der Waals surface area contributed by atoms with Crippen LogP contribution in [0, 0.1) is 17.2 Å². The zero-order valence-corrected chi connectivity index (χ0v) is 19.4. The number of nitriles is 1. The van der Waals surface area contributed by atoms with E-state index in [1.54, 1.807) is 51.1 Å². The fourth-order valence-electron chi connectivity index (χ4n) is 3.41. The van der Waals surface area contributed by atoms with Gasteiger partial charge in [-0.3, -0.25) is 19.3 Å². The van der Waals surface area contributed by atoms with E-state index in [1.165, 1.54) is 19.2 Å². The zero-order chi connectivity index (χ0) is 25.0. The van der Waals surface area contributed by atoms with Crippen molar-refractivity contribution in [2.75, 3.05) is 13.7 Å². The first kappa shape index (κ1) is 24.5. The molecule has 2 aromatic rings. The normalized spacial score (nSPS) is 14.3. The van der Waals surface area contributed by atoms with Crippen molar-refractivity contribution >= 4 is 23.7 Å². The van der Waals surface area contributed by atoms with Gasteiger partial charge < -0.3 is 14.8 Å².